The standard InChI is InChI=1S/C16H13N5O3S.Na/c1-7-8-3-2-4-10(8)21-16(17-7)18-12(19-21)5-9-13(22)20-11(15(23)24)6-25-14(9)20;/h5-6,14H,2-4H2,1H3,(H,23,24);/q;+1/p-1/b9-5-;/t14-;/m1./s1. The van der Waals surface area contributed by atoms with Crippen LogP contribution < -0.4 is 34.7 Å². The molecular formula is C16H12N5NaO3S. The van der Waals surface area contributed by atoms with Crippen LogP contribution in [0.25, 0.3) is 11.9 Å². The number of thioether (sulfide) groups is 1. The minimum absolute atomic E-state index is 0. The van der Waals surface area contributed by atoms with Gasteiger partial charge in [-0.15, -0.1) is 16.9 Å². The van der Waals surface area contributed by atoms with Crippen molar-refractivity contribution in [3.63, 3.8) is 0 Å². The first-order valence-electron chi connectivity index (χ1n) is 7.92. The summed E-state index contributed by atoms with van der Waals surface area (Å²) in [5.41, 5.74) is 3.75. The molecule has 1 fully saturated rings. The monoisotopic (exact) mass is 377 g/mol. The number of rotatable bonds is 2. The first-order valence-corrected chi connectivity index (χ1v) is 8.86. The van der Waals surface area contributed by atoms with Crippen molar-refractivity contribution < 1.29 is 44.3 Å². The molecule has 1 atom stereocenters. The van der Waals surface area contributed by atoms with E-state index in [1.165, 1.54) is 27.6 Å². The van der Waals surface area contributed by atoms with Crippen LogP contribution in [0.15, 0.2) is 16.7 Å². The Kier molecular flexibility index (Phi) is 4.22. The molecule has 0 aromatic carbocycles. The van der Waals surface area contributed by atoms with Crippen molar-refractivity contribution in [2.45, 2.75) is 31.6 Å². The molecular weight excluding hydrogens is 365 g/mol. The molecule has 4 heterocycles. The molecule has 0 saturated carbocycles. The molecule has 2 aromatic heterocycles. The molecule has 3 aliphatic rings. The summed E-state index contributed by atoms with van der Waals surface area (Å²) in [7, 11) is 0. The third-order valence-electron chi connectivity index (χ3n) is 4.78. The summed E-state index contributed by atoms with van der Waals surface area (Å²) >= 11 is 1.27. The number of β-lactam (4-membered cyclic amide) rings is 1. The van der Waals surface area contributed by atoms with Crippen LogP contribution in [0.2, 0.25) is 0 Å². The van der Waals surface area contributed by atoms with E-state index in [1.54, 1.807) is 10.6 Å². The van der Waals surface area contributed by atoms with Crippen molar-refractivity contribution in [2.75, 3.05) is 0 Å². The van der Waals surface area contributed by atoms with Crippen LogP contribution in [0, 0.1) is 6.92 Å². The molecule has 2 aliphatic heterocycles. The molecule has 0 N–H and O–H groups in total. The van der Waals surface area contributed by atoms with Gasteiger partial charge in [0.25, 0.3) is 11.7 Å². The Morgan fingerprint density at radius 3 is 2.96 bits per heavy atom. The van der Waals surface area contributed by atoms with Crippen LogP contribution in [-0.4, -0.2) is 41.7 Å². The van der Waals surface area contributed by atoms with Crippen LogP contribution in [0.4, 0.5) is 0 Å². The zero-order valence-electron chi connectivity index (χ0n) is 14.2. The second kappa shape index (κ2) is 6.19. The topological polar surface area (TPSA) is 104 Å². The van der Waals surface area contributed by atoms with Gasteiger partial charge in [-0.1, -0.05) is 0 Å². The summed E-state index contributed by atoms with van der Waals surface area (Å²) < 4.78 is 1.76. The minimum atomic E-state index is -1.34. The van der Waals surface area contributed by atoms with E-state index in [1.807, 2.05) is 6.92 Å². The van der Waals surface area contributed by atoms with Gasteiger partial charge in [0.2, 0.25) is 0 Å². The molecule has 0 spiro atoms. The number of carboxylic acids is 1. The number of carbonyl (C=O) groups is 2. The van der Waals surface area contributed by atoms with E-state index in [-0.39, 0.29) is 46.5 Å². The maximum absolute atomic E-state index is 12.3. The van der Waals surface area contributed by atoms with Gasteiger partial charge < -0.3 is 9.90 Å². The predicted molar refractivity (Wildman–Crippen MR) is 86.8 cm³/mol. The fraction of sp³-hybridized carbons (Fsp3) is 0.312. The van der Waals surface area contributed by atoms with E-state index < -0.39 is 5.97 Å². The van der Waals surface area contributed by atoms with Crippen LogP contribution in [0.1, 0.15) is 29.2 Å². The smallest absolute Gasteiger partial charge is 0.543 e. The van der Waals surface area contributed by atoms with Crippen molar-refractivity contribution in [3.8, 4) is 0 Å². The van der Waals surface area contributed by atoms with Crippen LogP contribution in [-0.2, 0) is 22.4 Å². The van der Waals surface area contributed by atoms with Crippen LogP contribution in [0.3, 0.4) is 0 Å². The van der Waals surface area contributed by atoms with Gasteiger partial charge in [0.1, 0.15) is 5.37 Å². The molecule has 2 aromatic rings. The Morgan fingerprint density at radius 1 is 1.38 bits per heavy atom. The Labute approximate surface area is 174 Å². The zero-order chi connectivity index (χ0) is 17.3. The average Bonchev–Trinajstić information content (AvgIpc) is 3.28. The minimum Gasteiger partial charge on any atom is -0.543 e. The van der Waals surface area contributed by atoms with Crippen molar-refractivity contribution in [3.05, 3.63) is 39.5 Å². The number of carbonyl (C=O) groups excluding carboxylic acids is 2. The van der Waals surface area contributed by atoms with E-state index in [0.717, 1.165) is 30.7 Å². The van der Waals surface area contributed by atoms with Crippen molar-refractivity contribution in [1.82, 2.24) is 24.5 Å². The van der Waals surface area contributed by atoms with E-state index in [0.29, 0.717) is 17.2 Å². The molecule has 1 aliphatic carbocycles. The normalized spacial score (nSPS) is 22.1. The van der Waals surface area contributed by atoms with Gasteiger partial charge in [-0.25, -0.2) is 9.50 Å². The molecule has 26 heavy (non-hydrogen) atoms. The largest absolute Gasteiger partial charge is 1.00 e. The number of aliphatic carboxylic acids is 1. The molecule has 8 nitrogen and oxygen atoms in total. The van der Waals surface area contributed by atoms with E-state index >= 15 is 0 Å². The third kappa shape index (κ3) is 2.38. The van der Waals surface area contributed by atoms with Gasteiger partial charge in [-0.05, 0) is 43.2 Å². The number of aryl methyl sites for hydroxylation is 2. The quantitative estimate of drug-likeness (QED) is 0.309. The van der Waals surface area contributed by atoms with Crippen molar-refractivity contribution in [2.24, 2.45) is 0 Å². The molecule has 1 saturated heterocycles. The van der Waals surface area contributed by atoms with Gasteiger partial charge in [0, 0.05) is 5.69 Å². The number of hydrogen-bond donors (Lipinski definition) is 0. The first kappa shape index (κ1) is 17.7. The summed E-state index contributed by atoms with van der Waals surface area (Å²) in [5, 5.41) is 16.6. The Balaban J connectivity index is 0.00000168. The number of fused-ring (bicyclic) bond motifs is 4. The molecule has 5 rings (SSSR count). The van der Waals surface area contributed by atoms with Gasteiger partial charge in [0.05, 0.1) is 22.9 Å². The average molecular weight is 377 g/mol. The molecule has 126 valence electrons. The number of aromatic nitrogens is 4. The number of amides is 1. The number of nitrogens with zero attached hydrogens (tertiary/aromatic N) is 5. The Morgan fingerprint density at radius 2 is 2.19 bits per heavy atom. The summed E-state index contributed by atoms with van der Waals surface area (Å²) in [6, 6.07) is 0. The second-order valence-electron chi connectivity index (χ2n) is 6.21. The molecule has 0 unspecified atom stereocenters. The number of carboxylic acid groups (broad SMARTS) is 1. The Hall–Kier alpha value is -1.68. The summed E-state index contributed by atoms with van der Waals surface area (Å²) in [4.78, 5) is 33.4. The van der Waals surface area contributed by atoms with Gasteiger partial charge in [0.15, 0.2) is 5.82 Å². The fourth-order valence-electron chi connectivity index (χ4n) is 3.60. The van der Waals surface area contributed by atoms with Gasteiger partial charge in [-0.3, -0.25) is 9.69 Å². The Bertz CT molecular complexity index is 1040. The molecule has 1 amide bonds. The van der Waals surface area contributed by atoms with Crippen molar-refractivity contribution in [1.29, 1.82) is 0 Å². The van der Waals surface area contributed by atoms with Gasteiger partial charge in [-0.2, -0.15) is 4.98 Å². The fourth-order valence-corrected chi connectivity index (χ4v) is 4.72. The third-order valence-corrected chi connectivity index (χ3v) is 5.87. The van der Waals surface area contributed by atoms with Gasteiger partial charge >= 0.3 is 29.6 Å². The van der Waals surface area contributed by atoms with Crippen LogP contribution in [0.5, 0.6) is 0 Å². The second-order valence-corrected chi connectivity index (χ2v) is 7.17. The zero-order valence-corrected chi connectivity index (χ0v) is 17.0. The predicted octanol–water partition coefficient (Wildman–Crippen LogP) is -3.18. The maximum Gasteiger partial charge on any atom is 1.00 e. The van der Waals surface area contributed by atoms with E-state index in [2.05, 4.69) is 15.1 Å². The molecule has 0 radical (unpaired) electrons. The molecule has 10 heteroatoms. The number of hydrogen-bond acceptors (Lipinski definition) is 7. The summed E-state index contributed by atoms with van der Waals surface area (Å²) in [6.45, 7) is 1.98. The summed E-state index contributed by atoms with van der Waals surface area (Å²) in [5.74, 6) is -0.749. The summed E-state index contributed by atoms with van der Waals surface area (Å²) in [6.07, 6.45) is 4.65. The van der Waals surface area contributed by atoms with Crippen molar-refractivity contribution >= 4 is 35.5 Å². The van der Waals surface area contributed by atoms with Crippen LogP contribution >= 0.6 is 11.8 Å². The van der Waals surface area contributed by atoms with E-state index in [9.17, 15) is 14.7 Å². The maximum atomic E-state index is 12.3. The van der Waals surface area contributed by atoms with E-state index in [4.69, 9.17) is 0 Å². The molecule has 0 bridgehead atoms. The SMILES string of the molecule is Cc1nc2nc(/C=C3/C(=O)N4C(C(=O)[O-])=CS[C@H]34)nn2c2c1CCC2.[Na+]. The first-order chi connectivity index (χ1) is 12.0.